The summed E-state index contributed by atoms with van der Waals surface area (Å²) in [5.41, 5.74) is 2.28. The van der Waals surface area contributed by atoms with E-state index in [0.29, 0.717) is 16.9 Å². The van der Waals surface area contributed by atoms with Crippen LogP contribution in [0, 0.1) is 0 Å². The molecule has 2 aromatic carbocycles. The van der Waals surface area contributed by atoms with E-state index in [2.05, 4.69) is 5.32 Å². The van der Waals surface area contributed by atoms with Gasteiger partial charge in [-0.3, -0.25) is 14.5 Å². The van der Waals surface area contributed by atoms with E-state index in [9.17, 15) is 14.4 Å². The van der Waals surface area contributed by atoms with Gasteiger partial charge >= 0.3 is 6.03 Å². The average molecular weight is 388 g/mol. The summed E-state index contributed by atoms with van der Waals surface area (Å²) in [5, 5.41) is 3.54. The third kappa shape index (κ3) is 2.75. The number of ketones is 1. The number of nitrogens with one attached hydrogen (secondary N) is 1. The molecule has 1 aliphatic heterocycles. The maximum Gasteiger partial charge on any atom is 0.325 e. The molecule has 29 heavy (non-hydrogen) atoms. The molecule has 146 valence electrons. The normalized spacial score (nSPS) is 20.9. The Morgan fingerprint density at radius 3 is 2.72 bits per heavy atom. The van der Waals surface area contributed by atoms with Crippen molar-refractivity contribution in [3.63, 3.8) is 0 Å². The largest absolute Gasteiger partial charge is 0.458 e. The molecule has 2 heterocycles. The predicted octanol–water partition coefficient (Wildman–Crippen LogP) is 3.57. The van der Waals surface area contributed by atoms with E-state index < -0.39 is 17.5 Å². The highest BCUT2D eigenvalue weighted by atomic mass is 16.3. The summed E-state index contributed by atoms with van der Waals surface area (Å²) in [6, 6.07) is 14.2. The number of rotatable bonds is 4. The second-order valence-corrected chi connectivity index (χ2v) is 7.86. The number of imide groups is 1. The number of para-hydroxylation sites is 1. The van der Waals surface area contributed by atoms with Crippen LogP contribution in [0.3, 0.4) is 0 Å². The first-order valence-electron chi connectivity index (χ1n) is 9.74. The van der Waals surface area contributed by atoms with Crippen molar-refractivity contribution >= 4 is 28.7 Å². The van der Waals surface area contributed by atoms with Crippen molar-refractivity contribution in [3.05, 3.63) is 71.0 Å². The van der Waals surface area contributed by atoms with Crippen molar-refractivity contribution in [1.29, 1.82) is 0 Å². The van der Waals surface area contributed by atoms with Gasteiger partial charge in [0.2, 0.25) is 0 Å². The van der Waals surface area contributed by atoms with Crippen LogP contribution in [0.4, 0.5) is 4.79 Å². The van der Waals surface area contributed by atoms with Crippen LogP contribution in [0.15, 0.2) is 52.9 Å². The second-order valence-electron chi connectivity index (χ2n) is 7.86. The predicted molar refractivity (Wildman–Crippen MR) is 107 cm³/mol. The van der Waals surface area contributed by atoms with E-state index in [4.69, 9.17) is 4.42 Å². The van der Waals surface area contributed by atoms with Gasteiger partial charge in [-0.15, -0.1) is 0 Å². The van der Waals surface area contributed by atoms with Crippen molar-refractivity contribution in [3.8, 4) is 0 Å². The van der Waals surface area contributed by atoms with Gasteiger partial charge in [0.25, 0.3) is 5.91 Å². The van der Waals surface area contributed by atoms with Crippen LogP contribution in [-0.2, 0) is 23.2 Å². The summed E-state index contributed by atoms with van der Waals surface area (Å²) < 4.78 is 5.81. The quantitative estimate of drug-likeness (QED) is 0.547. The van der Waals surface area contributed by atoms with E-state index in [1.165, 1.54) is 11.1 Å². The molecule has 6 heteroatoms. The minimum atomic E-state index is -1.34. The lowest BCUT2D eigenvalue weighted by Gasteiger charge is -2.18. The molecule has 0 spiro atoms. The van der Waals surface area contributed by atoms with Crippen LogP contribution in [-0.4, -0.2) is 29.2 Å². The second kappa shape index (κ2) is 6.30. The Morgan fingerprint density at radius 2 is 1.90 bits per heavy atom. The average Bonchev–Trinajstić information content (AvgIpc) is 3.41. The number of Topliss-reactive ketones (excluding diaryl/α,β-unsaturated/α-hetero) is 1. The monoisotopic (exact) mass is 388 g/mol. The summed E-state index contributed by atoms with van der Waals surface area (Å²) in [6.45, 7) is 1.31. The lowest BCUT2D eigenvalue weighted by molar-refractivity contribution is -0.131. The molecule has 0 bridgehead atoms. The number of nitrogens with zero attached hydrogens (tertiary/aromatic N) is 1. The van der Waals surface area contributed by atoms with E-state index in [0.717, 1.165) is 29.5 Å². The molecule has 1 atom stereocenters. The first kappa shape index (κ1) is 17.7. The maximum absolute atomic E-state index is 13.1. The van der Waals surface area contributed by atoms with Gasteiger partial charge in [-0.2, -0.15) is 0 Å². The Balaban J connectivity index is 1.41. The maximum atomic E-state index is 13.1. The van der Waals surface area contributed by atoms with Crippen LogP contribution in [0.25, 0.3) is 11.0 Å². The number of furan rings is 1. The molecule has 0 unspecified atom stereocenters. The Labute approximate surface area is 167 Å². The van der Waals surface area contributed by atoms with Crippen LogP contribution in [0.1, 0.15) is 40.6 Å². The Bertz CT molecular complexity index is 1150. The number of aryl methyl sites for hydroxylation is 2. The van der Waals surface area contributed by atoms with Crippen molar-refractivity contribution < 1.29 is 18.8 Å². The molecule has 1 fully saturated rings. The molecule has 1 N–H and O–H groups in total. The highest BCUT2D eigenvalue weighted by Crippen LogP contribution is 2.33. The number of fused-ring (bicyclic) bond motifs is 2. The molecule has 1 saturated heterocycles. The summed E-state index contributed by atoms with van der Waals surface area (Å²) >= 11 is 0. The number of amides is 3. The lowest BCUT2D eigenvalue weighted by Crippen LogP contribution is -2.41. The van der Waals surface area contributed by atoms with Gasteiger partial charge < -0.3 is 9.73 Å². The smallest absolute Gasteiger partial charge is 0.325 e. The fourth-order valence-corrected chi connectivity index (χ4v) is 4.22. The van der Waals surface area contributed by atoms with Gasteiger partial charge in [0, 0.05) is 10.9 Å². The van der Waals surface area contributed by atoms with E-state index in [1.807, 2.05) is 30.3 Å². The summed E-state index contributed by atoms with van der Waals surface area (Å²) in [5.74, 6) is -0.391. The van der Waals surface area contributed by atoms with Crippen LogP contribution >= 0.6 is 0 Å². The lowest BCUT2D eigenvalue weighted by atomic mass is 9.98. The molecular weight excluding hydrogens is 368 g/mol. The fraction of sp³-hybridized carbons (Fsp3) is 0.261. The van der Waals surface area contributed by atoms with Crippen molar-refractivity contribution in [1.82, 2.24) is 10.2 Å². The number of urea groups is 1. The highest BCUT2D eigenvalue weighted by Gasteiger charge is 2.51. The standard InChI is InChI=1S/C23H20N2O4/c1-23(20-12-17-5-2-3-8-19(17)29-20)21(27)25(22(28)24-23)13-18(26)16-10-9-14-6-4-7-15(14)11-16/h2-3,5,8-12H,4,6-7,13H2,1H3,(H,24,28)/t23-/m0/s1. The van der Waals surface area contributed by atoms with E-state index in [1.54, 1.807) is 25.1 Å². The van der Waals surface area contributed by atoms with Gasteiger partial charge in [-0.25, -0.2) is 4.79 Å². The van der Waals surface area contributed by atoms with Crippen molar-refractivity contribution in [2.24, 2.45) is 0 Å². The Hall–Kier alpha value is -3.41. The van der Waals surface area contributed by atoms with Gasteiger partial charge in [0.1, 0.15) is 11.3 Å². The molecule has 2 aliphatic rings. The van der Waals surface area contributed by atoms with Gasteiger partial charge in [-0.1, -0.05) is 30.3 Å². The molecule has 6 nitrogen and oxygen atoms in total. The number of carbonyl (C=O) groups is 3. The third-order valence-corrected chi connectivity index (χ3v) is 5.92. The number of hydrogen-bond acceptors (Lipinski definition) is 4. The van der Waals surface area contributed by atoms with Crippen LogP contribution in [0.2, 0.25) is 0 Å². The van der Waals surface area contributed by atoms with E-state index >= 15 is 0 Å². The van der Waals surface area contributed by atoms with Gasteiger partial charge in [-0.05, 0) is 55.5 Å². The molecule has 5 rings (SSSR count). The van der Waals surface area contributed by atoms with Crippen LogP contribution in [0.5, 0.6) is 0 Å². The molecule has 0 saturated carbocycles. The fourth-order valence-electron chi connectivity index (χ4n) is 4.22. The molecular formula is C23H20N2O4. The number of carbonyl (C=O) groups excluding carboxylic acids is 3. The SMILES string of the molecule is C[C@@]1(c2cc3ccccc3o2)NC(=O)N(CC(=O)c2ccc3c(c2)CCC3)C1=O. The zero-order valence-electron chi connectivity index (χ0n) is 16.0. The molecule has 1 aromatic heterocycles. The topological polar surface area (TPSA) is 79.6 Å². The first-order valence-corrected chi connectivity index (χ1v) is 9.74. The number of hydrogen-bond donors (Lipinski definition) is 1. The highest BCUT2D eigenvalue weighted by molar-refractivity contribution is 6.11. The van der Waals surface area contributed by atoms with Gasteiger partial charge in [0.05, 0.1) is 6.54 Å². The minimum absolute atomic E-state index is 0.253. The molecule has 3 aromatic rings. The Morgan fingerprint density at radius 1 is 1.10 bits per heavy atom. The molecule has 3 amide bonds. The zero-order valence-corrected chi connectivity index (χ0v) is 16.0. The summed E-state index contributed by atoms with van der Waals surface area (Å²) in [6.07, 6.45) is 3.09. The van der Waals surface area contributed by atoms with E-state index in [-0.39, 0.29) is 12.3 Å². The summed E-state index contributed by atoms with van der Waals surface area (Å²) in [4.78, 5) is 39.4. The van der Waals surface area contributed by atoms with Crippen LogP contribution < -0.4 is 5.32 Å². The first-order chi connectivity index (χ1) is 14.0. The third-order valence-electron chi connectivity index (χ3n) is 5.92. The minimum Gasteiger partial charge on any atom is -0.458 e. The van der Waals surface area contributed by atoms with Crippen molar-refractivity contribution in [2.75, 3.05) is 6.54 Å². The number of benzene rings is 2. The van der Waals surface area contributed by atoms with Crippen molar-refractivity contribution in [2.45, 2.75) is 31.7 Å². The summed E-state index contributed by atoms with van der Waals surface area (Å²) in [7, 11) is 0. The van der Waals surface area contributed by atoms with Gasteiger partial charge in [0.15, 0.2) is 11.3 Å². The molecule has 1 aliphatic carbocycles. The molecule has 0 radical (unpaired) electrons. The Kier molecular flexibility index (Phi) is 3.84. The zero-order chi connectivity index (χ0) is 20.2.